The third-order valence-electron chi connectivity index (χ3n) is 5.52. The van der Waals surface area contributed by atoms with E-state index in [4.69, 9.17) is 16.6 Å². The average Bonchev–Trinajstić information content (AvgIpc) is 3.20. The van der Waals surface area contributed by atoms with Crippen LogP contribution in [0.1, 0.15) is 37.8 Å². The van der Waals surface area contributed by atoms with Crippen molar-refractivity contribution in [2.24, 2.45) is 0 Å². The summed E-state index contributed by atoms with van der Waals surface area (Å²) in [6, 6.07) is 6.20. The quantitative estimate of drug-likeness (QED) is 0.850. The van der Waals surface area contributed by atoms with E-state index in [1.54, 1.807) is 13.1 Å². The molecule has 2 atom stereocenters. The zero-order valence-corrected chi connectivity index (χ0v) is 16.8. The van der Waals surface area contributed by atoms with Crippen LogP contribution in [0.2, 0.25) is 5.02 Å². The van der Waals surface area contributed by atoms with Crippen LogP contribution in [-0.4, -0.2) is 58.0 Å². The van der Waals surface area contributed by atoms with E-state index in [-0.39, 0.29) is 11.9 Å². The summed E-state index contributed by atoms with van der Waals surface area (Å²) < 4.78 is 0. The molecule has 148 valence electrons. The molecule has 7 nitrogen and oxygen atoms in total. The van der Waals surface area contributed by atoms with E-state index in [0.717, 1.165) is 50.4 Å². The second-order valence-electron chi connectivity index (χ2n) is 7.50. The van der Waals surface area contributed by atoms with E-state index in [2.05, 4.69) is 26.3 Å². The van der Waals surface area contributed by atoms with Gasteiger partial charge in [-0.15, -0.1) is 0 Å². The van der Waals surface area contributed by atoms with Crippen LogP contribution in [0.15, 0.2) is 30.6 Å². The molecule has 2 aliphatic heterocycles. The van der Waals surface area contributed by atoms with Crippen LogP contribution in [0, 0.1) is 0 Å². The summed E-state index contributed by atoms with van der Waals surface area (Å²) in [6.45, 7) is 4.85. The van der Waals surface area contributed by atoms with Gasteiger partial charge in [-0.3, -0.25) is 9.78 Å². The van der Waals surface area contributed by atoms with Gasteiger partial charge in [0.1, 0.15) is 5.02 Å². The van der Waals surface area contributed by atoms with Gasteiger partial charge in [0.2, 0.25) is 11.9 Å². The molecule has 0 aliphatic carbocycles. The predicted octanol–water partition coefficient (Wildman–Crippen LogP) is 2.94. The van der Waals surface area contributed by atoms with Gasteiger partial charge in [-0.25, -0.2) is 4.98 Å². The number of nitrogens with zero attached hydrogens (tertiary/aromatic N) is 5. The van der Waals surface area contributed by atoms with Gasteiger partial charge in [-0.1, -0.05) is 17.7 Å². The summed E-state index contributed by atoms with van der Waals surface area (Å²) in [5.74, 6) is 1.82. The molecule has 2 saturated heterocycles. The fourth-order valence-corrected chi connectivity index (χ4v) is 4.24. The molecule has 0 spiro atoms. The van der Waals surface area contributed by atoms with Crippen LogP contribution in [-0.2, 0) is 4.79 Å². The monoisotopic (exact) mass is 400 g/mol. The molecule has 0 radical (unpaired) electrons. The van der Waals surface area contributed by atoms with Crippen LogP contribution < -0.4 is 10.2 Å². The van der Waals surface area contributed by atoms with Gasteiger partial charge in [0.25, 0.3) is 0 Å². The third kappa shape index (κ3) is 4.19. The highest BCUT2D eigenvalue weighted by Gasteiger charge is 2.28. The summed E-state index contributed by atoms with van der Waals surface area (Å²) in [5.41, 5.74) is 1.11. The van der Waals surface area contributed by atoms with Crippen LogP contribution >= 0.6 is 11.6 Å². The number of aromatic nitrogens is 3. The highest BCUT2D eigenvalue weighted by molar-refractivity contribution is 6.32. The number of likely N-dealkylation sites (tertiary alicyclic amines) is 1. The predicted molar refractivity (Wildman–Crippen MR) is 110 cm³/mol. The van der Waals surface area contributed by atoms with Crippen molar-refractivity contribution >= 4 is 29.3 Å². The molecule has 0 aromatic carbocycles. The first-order chi connectivity index (χ1) is 13.6. The molecule has 4 rings (SSSR count). The van der Waals surface area contributed by atoms with Gasteiger partial charge in [0.15, 0.2) is 5.82 Å². The highest BCUT2D eigenvalue weighted by Crippen LogP contribution is 2.32. The number of amides is 1. The molecule has 8 heteroatoms. The Bertz CT molecular complexity index is 833. The lowest BCUT2D eigenvalue weighted by Crippen LogP contribution is -2.44. The van der Waals surface area contributed by atoms with Gasteiger partial charge in [0.05, 0.1) is 6.20 Å². The zero-order chi connectivity index (χ0) is 19.5. The number of hydrogen-bond acceptors (Lipinski definition) is 6. The number of halogens is 1. The van der Waals surface area contributed by atoms with Crippen molar-refractivity contribution in [2.45, 2.75) is 38.1 Å². The lowest BCUT2D eigenvalue weighted by atomic mass is 10.0. The smallest absolute Gasteiger partial charge is 0.224 e. The average molecular weight is 401 g/mol. The van der Waals surface area contributed by atoms with Crippen molar-refractivity contribution in [2.75, 3.05) is 36.4 Å². The van der Waals surface area contributed by atoms with Crippen molar-refractivity contribution in [3.8, 4) is 0 Å². The lowest BCUT2D eigenvalue weighted by Gasteiger charge is -2.32. The molecule has 1 amide bonds. The standard InChI is InChI=1S/C20H25ClN6O/c1-14(28)26-9-4-5-16(13-26)24-20-23-11-17(21)19(25-20)27-10-7-15(12-27)18-6-2-3-8-22-18/h2-3,6,8,11,15-16H,4-5,7,9-10,12-13H2,1H3,(H,23,24,25). The normalized spacial score (nSPS) is 22.4. The van der Waals surface area contributed by atoms with Crippen LogP contribution in [0.25, 0.3) is 0 Å². The number of pyridine rings is 1. The number of hydrogen-bond donors (Lipinski definition) is 1. The first-order valence-corrected chi connectivity index (χ1v) is 10.2. The van der Waals surface area contributed by atoms with Crippen LogP contribution in [0.5, 0.6) is 0 Å². The summed E-state index contributed by atoms with van der Waals surface area (Å²) in [5, 5.41) is 3.94. The lowest BCUT2D eigenvalue weighted by molar-refractivity contribution is -0.129. The number of rotatable bonds is 4. The van der Waals surface area contributed by atoms with E-state index < -0.39 is 0 Å². The van der Waals surface area contributed by atoms with E-state index in [1.807, 2.05) is 23.2 Å². The molecule has 2 aliphatic rings. The molecule has 2 fully saturated rings. The summed E-state index contributed by atoms with van der Waals surface area (Å²) in [6.07, 6.45) is 6.50. The molecule has 28 heavy (non-hydrogen) atoms. The Morgan fingerprint density at radius 2 is 2.11 bits per heavy atom. The maximum absolute atomic E-state index is 11.7. The first-order valence-electron chi connectivity index (χ1n) is 9.80. The van der Waals surface area contributed by atoms with Gasteiger partial charge in [-0.05, 0) is 31.4 Å². The van der Waals surface area contributed by atoms with E-state index in [9.17, 15) is 4.79 Å². The number of piperidine rings is 1. The van der Waals surface area contributed by atoms with Crippen molar-refractivity contribution in [1.82, 2.24) is 19.9 Å². The summed E-state index contributed by atoms with van der Waals surface area (Å²) in [4.78, 5) is 29.3. The number of anilines is 2. The van der Waals surface area contributed by atoms with Crippen molar-refractivity contribution in [1.29, 1.82) is 0 Å². The summed E-state index contributed by atoms with van der Waals surface area (Å²) >= 11 is 6.41. The van der Waals surface area contributed by atoms with Gasteiger partial charge in [0, 0.05) is 57.0 Å². The maximum Gasteiger partial charge on any atom is 0.224 e. The molecule has 2 unspecified atom stereocenters. The number of carbonyl (C=O) groups excluding carboxylic acids is 1. The largest absolute Gasteiger partial charge is 0.355 e. The SMILES string of the molecule is CC(=O)N1CCCC(Nc2ncc(Cl)c(N3CCC(c4ccccn4)C3)n2)C1. The zero-order valence-electron chi connectivity index (χ0n) is 16.0. The number of carbonyl (C=O) groups is 1. The van der Waals surface area contributed by atoms with Gasteiger partial charge >= 0.3 is 0 Å². The Morgan fingerprint density at radius 3 is 2.89 bits per heavy atom. The molecule has 2 aromatic rings. The maximum atomic E-state index is 11.7. The minimum Gasteiger partial charge on any atom is -0.355 e. The third-order valence-corrected chi connectivity index (χ3v) is 5.79. The minimum atomic E-state index is 0.113. The van der Waals surface area contributed by atoms with Crippen LogP contribution in [0.3, 0.4) is 0 Å². The minimum absolute atomic E-state index is 0.113. The van der Waals surface area contributed by atoms with Gasteiger partial charge < -0.3 is 15.1 Å². The topological polar surface area (TPSA) is 74.2 Å². The van der Waals surface area contributed by atoms with Crippen LogP contribution in [0.4, 0.5) is 11.8 Å². The molecular formula is C20H25ClN6O. The fraction of sp³-hybridized carbons (Fsp3) is 0.500. The molecule has 0 bridgehead atoms. The number of nitrogens with one attached hydrogen (secondary N) is 1. The summed E-state index contributed by atoms with van der Waals surface area (Å²) in [7, 11) is 0. The van der Waals surface area contributed by atoms with Crippen molar-refractivity contribution in [3.05, 3.63) is 41.3 Å². The van der Waals surface area contributed by atoms with Crippen molar-refractivity contribution in [3.63, 3.8) is 0 Å². The van der Waals surface area contributed by atoms with Gasteiger partial charge in [-0.2, -0.15) is 4.98 Å². The Hall–Kier alpha value is -2.41. The van der Waals surface area contributed by atoms with E-state index in [0.29, 0.717) is 23.4 Å². The molecule has 1 N–H and O–H groups in total. The Kier molecular flexibility index (Phi) is 5.62. The molecule has 4 heterocycles. The highest BCUT2D eigenvalue weighted by atomic mass is 35.5. The first kappa shape index (κ1) is 18.9. The van der Waals surface area contributed by atoms with Crippen molar-refractivity contribution < 1.29 is 4.79 Å². The molecule has 0 saturated carbocycles. The molecule has 2 aromatic heterocycles. The molecular weight excluding hydrogens is 376 g/mol. The second-order valence-corrected chi connectivity index (χ2v) is 7.91. The van der Waals surface area contributed by atoms with E-state index >= 15 is 0 Å². The fourth-order valence-electron chi connectivity index (χ4n) is 4.02. The Balaban J connectivity index is 1.45. The Labute approximate surface area is 170 Å². The Morgan fingerprint density at radius 1 is 1.21 bits per heavy atom. The second kappa shape index (κ2) is 8.31. The van der Waals surface area contributed by atoms with E-state index in [1.165, 1.54) is 0 Å².